The normalized spacial score (nSPS) is 13.9. The highest BCUT2D eigenvalue weighted by atomic mass is 79.9. The van der Waals surface area contributed by atoms with Crippen LogP contribution in [-0.2, 0) is 15.9 Å². The number of benzene rings is 3. The standard InChI is InChI=1S/C24H19BrF2N2O3S/c1-28-20-10-16(18(26)11-19(20)27)14-4-2-3-5-15(14)22(12-6-7-12)29-24(31)13-8-17(25)23(30)21(9-13)33-32/h2-5,8-12,22,28H,6-7H2,1H3,(H-,29,30,31,32)/p+1. The van der Waals surface area contributed by atoms with E-state index in [0.29, 0.717) is 5.56 Å². The molecule has 3 N–H and O–H groups in total. The topological polar surface area (TPSA) is 78.4 Å². The van der Waals surface area contributed by atoms with Gasteiger partial charge in [-0.15, -0.1) is 0 Å². The first-order valence-electron chi connectivity index (χ1n) is 10.2. The molecule has 0 radical (unpaired) electrons. The van der Waals surface area contributed by atoms with E-state index in [1.54, 1.807) is 19.2 Å². The van der Waals surface area contributed by atoms with Gasteiger partial charge in [0.05, 0.1) is 16.2 Å². The van der Waals surface area contributed by atoms with Crippen LogP contribution < -0.4 is 10.6 Å². The van der Waals surface area contributed by atoms with Gasteiger partial charge in [0.25, 0.3) is 5.91 Å². The molecule has 1 aliphatic rings. The molecule has 33 heavy (non-hydrogen) atoms. The minimum Gasteiger partial charge on any atom is -0.502 e. The zero-order valence-corrected chi connectivity index (χ0v) is 19.9. The maximum atomic E-state index is 14.8. The van der Waals surface area contributed by atoms with E-state index in [2.05, 4.69) is 26.6 Å². The number of hydrogen-bond acceptors (Lipinski definition) is 4. The summed E-state index contributed by atoms with van der Waals surface area (Å²) < 4.78 is 40.3. The molecule has 4 rings (SSSR count). The number of hydrogen-bond donors (Lipinski definition) is 3. The Bertz CT molecular complexity index is 1250. The Morgan fingerprint density at radius 3 is 2.52 bits per heavy atom. The Kier molecular flexibility index (Phi) is 6.71. The summed E-state index contributed by atoms with van der Waals surface area (Å²) in [6.07, 6.45) is 1.79. The fourth-order valence-electron chi connectivity index (χ4n) is 3.83. The van der Waals surface area contributed by atoms with Gasteiger partial charge in [0, 0.05) is 34.5 Å². The van der Waals surface area contributed by atoms with Crippen LogP contribution >= 0.6 is 15.9 Å². The second-order valence-corrected chi connectivity index (χ2v) is 9.29. The minimum absolute atomic E-state index is 0.0332. The highest BCUT2D eigenvalue weighted by Gasteiger charge is 2.35. The molecule has 1 unspecified atom stereocenters. The molecule has 1 saturated carbocycles. The second-order valence-electron chi connectivity index (χ2n) is 7.83. The molecular weight excluding hydrogens is 514 g/mol. The lowest BCUT2D eigenvalue weighted by atomic mass is 9.91. The van der Waals surface area contributed by atoms with Crippen LogP contribution in [0.5, 0.6) is 5.75 Å². The van der Waals surface area contributed by atoms with Crippen LogP contribution in [0.3, 0.4) is 0 Å². The fraction of sp³-hybridized carbons (Fsp3) is 0.208. The van der Waals surface area contributed by atoms with Gasteiger partial charge in [0.2, 0.25) is 5.75 Å². The van der Waals surface area contributed by atoms with Crippen molar-refractivity contribution < 1.29 is 22.9 Å². The Morgan fingerprint density at radius 2 is 1.85 bits per heavy atom. The van der Waals surface area contributed by atoms with Gasteiger partial charge < -0.3 is 15.7 Å². The maximum Gasteiger partial charge on any atom is 0.509 e. The average molecular weight is 534 g/mol. The van der Waals surface area contributed by atoms with E-state index in [1.165, 1.54) is 18.2 Å². The van der Waals surface area contributed by atoms with Gasteiger partial charge >= 0.3 is 16.6 Å². The van der Waals surface area contributed by atoms with Crippen LogP contribution in [0.1, 0.15) is 34.8 Å². The van der Waals surface area contributed by atoms with Crippen molar-refractivity contribution in [2.45, 2.75) is 23.8 Å². The molecule has 1 aliphatic carbocycles. The molecule has 3 aromatic carbocycles. The van der Waals surface area contributed by atoms with Gasteiger partial charge in [-0.2, -0.15) is 0 Å². The van der Waals surface area contributed by atoms with Gasteiger partial charge in [-0.1, -0.05) is 24.3 Å². The number of carbonyl (C=O) groups is 1. The predicted molar refractivity (Wildman–Crippen MR) is 126 cm³/mol. The van der Waals surface area contributed by atoms with Crippen LogP contribution in [0.15, 0.2) is 57.9 Å². The Hall–Kier alpha value is -2.91. The smallest absolute Gasteiger partial charge is 0.502 e. The number of rotatable bonds is 7. The molecule has 0 spiro atoms. The summed E-state index contributed by atoms with van der Waals surface area (Å²) in [4.78, 5) is 13.1. The number of phenolic OH excluding ortho intramolecular Hbond substituents is 1. The molecule has 0 bridgehead atoms. The summed E-state index contributed by atoms with van der Waals surface area (Å²) in [5.74, 6) is -1.86. The van der Waals surface area contributed by atoms with Crippen LogP contribution in [0.2, 0.25) is 0 Å². The molecular formula is C24H20BrF2N2O3S+. The van der Waals surface area contributed by atoms with Gasteiger partial charge in [-0.25, -0.2) is 8.78 Å². The number of nitrogens with one attached hydrogen (secondary N) is 2. The molecule has 5 nitrogen and oxygen atoms in total. The van der Waals surface area contributed by atoms with Crippen molar-refractivity contribution in [3.63, 3.8) is 0 Å². The minimum atomic E-state index is -0.695. The van der Waals surface area contributed by atoms with Crippen molar-refractivity contribution in [3.8, 4) is 16.9 Å². The molecule has 1 atom stereocenters. The summed E-state index contributed by atoms with van der Waals surface area (Å²) in [5.41, 5.74) is 1.90. The van der Waals surface area contributed by atoms with E-state index in [-0.39, 0.29) is 49.5 Å². The van der Waals surface area contributed by atoms with Crippen molar-refractivity contribution in [2.24, 2.45) is 5.92 Å². The number of phenols is 1. The van der Waals surface area contributed by atoms with Crippen LogP contribution in [0, 0.1) is 17.6 Å². The van der Waals surface area contributed by atoms with Gasteiger partial charge in [-0.05, 0) is 57.9 Å². The lowest BCUT2D eigenvalue weighted by Crippen LogP contribution is -2.30. The second kappa shape index (κ2) is 9.52. The predicted octanol–water partition coefficient (Wildman–Crippen LogP) is 5.81. The van der Waals surface area contributed by atoms with E-state index in [0.717, 1.165) is 24.5 Å². The summed E-state index contributed by atoms with van der Waals surface area (Å²) in [5, 5.41) is 15.7. The molecule has 0 saturated heterocycles. The third-order valence-electron chi connectivity index (χ3n) is 5.67. The summed E-state index contributed by atoms with van der Waals surface area (Å²) in [6.45, 7) is 0. The zero-order valence-electron chi connectivity index (χ0n) is 17.5. The van der Waals surface area contributed by atoms with E-state index in [1.807, 2.05) is 12.1 Å². The van der Waals surface area contributed by atoms with E-state index < -0.39 is 23.6 Å². The number of anilines is 1. The first-order chi connectivity index (χ1) is 15.8. The molecule has 0 heterocycles. The SMILES string of the molecule is CNc1cc(-c2ccccc2C(NC(=O)c2cc(Br)c(O)c([S+]=O)c2)C2CC2)c(F)cc1F. The lowest BCUT2D eigenvalue weighted by molar-refractivity contribution is 0.0931. The number of amides is 1. The molecule has 0 aromatic heterocycles. The third-order valence-corrected chi connectivity index (χ3v) is 6.77. The highest BCUT2D eigenvalue weighted by molar-refractivity contribution is 9.10. The molecule has 1 fully saturated rings. The van der Waals surface area contributed by atoms with Crippen molar-refractivity contribution in [2.75, 3.05) is 12.4 Å². The number of carbonyl (C=O) groups excluding carboxylic acids is 1. The summed E-state index contributed by atoms with van der Waals surface area (Å²) in [6, 6.07) is 11.8. The fourth-order valence-corrected chi connectivity index (χ4v) is 4.79. The molecule has 1 amide bonds. The zero-order chi connectivity index (χ0) is 23.7. The lowest BCUT2D eigenvalue weighted by Gasteiger charge is -2.23. The van der Waals surface area contributed by atoms with Crippen LogP contribution in [0.4, 0.5) is 14.5 Å². The van der Waals surface area contributed by atoms with Gasteiger partial charge in [0.15, 0.2) is 0 Å². The van der Waals surface area contributed by atoms with Gasteiger partial charge in [0.1, 0.15) is 11.6 Å². The number of halogens is 3. The molecule has 170 valence electrons. The van der Waals surface area contributed by atoms with E-state index in [4.69, 9.17) is 0 Å². The average Bonchev–Trinajstić information content (AvgIpc) is 3.64. The van der Waals surface area contributed by atoms with Crippen molar-refractivity contribution in [1.29, 1.82) is 0 Å². The first kappa shape index (κ1) is 23.3. The van der Waals surface area contributed by atoms with Crippen molar-refractivity contribution >= 4 is 39.2 Å². The summed E-state index contributed by atoms with van der Waals surface area (Å²) >= 11 is 3.26. The summed E-state index contributed by atoms with van der Waals surface area (Å²) in [7, 11) is 1.56. The molecule has 9 heteroatoms. The monoisotopic (exact) mass is 533 g/mol. The molecule has 3 aromatic rings. The highest BCUT2D eigenvalue weighted by Crippen LogP contribution is 2.44. The van der Waals surface area contributed by atoms with Crippen molar-refractivity contribution in [3.05, 3.63) is 75.8 Å². The maximum absolute atomic E-state index is 14.8. The third kappa shape index (κ3) is 4.74. The Morgan fingerprint density at radius 1 is 1.12 bits per heavy atom. The van der Waals surface area contributed by atoms with Crippen molar-refractivity contribution in [1.82, 2.24) is 5.32 Å². The Labute approximate surface area is 201 Å². The van der Waals surface area contributed by atoms with Crippen LogP contribution in [-0.4, -0.2) is 18.1 Å². The number of aromatic hydroxyl groups is 1. The quantitative estimate of drug-likeness (QED) is 0.335. The van der Waals surface area contributed by atoms with E-state index >= 15 is 0 Å². The Balaban J connectivity index is 1.74. The van der Waals surface area contributed by atoms with E-state index in [9.17, 15) is 22.9 Å². The van der Waals surface area contributed by atoms with Crippen LogP contribution in [0.25, 0.3) is 11.1 Å². The van der Waals surface area contributed by atoms with Gasteiger partial charge in [-0.3, -0.25) is 4.79 Å². The largest absolute Gasteiger partial charge is 0.509 e. The molecule has 0 aliphatic heterocycles. The first-order valence-corrected chi connectivity index (χ1v) is 11.8.